The number of hydrogen-bond donors (Lipinski definition) is 1. The monoisotopic (exact) mass is 411 g/mol. The molecule has 1 aliphatic rings. The smallest absolute Gasteiger partial charge is 0.231 e. The Labute approximate surface area is 138 Å². The molecule has 106 valence electrons. The molecule has 5 nitrogen and oxygen atoms in total. The molecule has 21 heavy (non-hydrogen) atoms. The summed E-state index contributed by atoms with van der Waals surface area (Å²) >= 11 is 3.99. The van der Waals surface area contributed by atoms with E-state index in [0.717, 1.165) is 33.1 Å². The number of anilines is 1. The van der Waals surface area contributed by atoms with Crippen LogP contribution in [-0.2, 0) is 6.54 Å². The summed E-state index contributed by atoms with van der Waals surface area (Å²) in [6, 6.07) is 8.01. The minimum atomic E-state index is 0.298. The first-order chi connectivity index (χ1) is 10.3. The predicted molar refractivity (Wildman–Crippen MR) is 90.0 cm³/mol. The van der Waals surface area contributed by atoms with Crippen molar-refractivity contribution < 1.29 is 9.47 Å². The second kappa shape index (κ2) is 5.30. The molecule has 0 bridgehead atoms. The Morgan fingerprint density at radius 2 is 2.10 bits per heavy atom. The first-order valence-corrected chi connectivity index (χ1v) is 8.21. The first kappa shape index (κ1) is 13.1. The molecule has 3 heterocycles. The van der Waals surface area contributed by atoms with Crippen LogP contribution < -0.4 is 14.8 Å². The van der Waals surface area contributed by atoms with E-state index in [-0.39, 0.29) is 0 Å². The largest absolute Gasteiger partial charge is 0.454 e. The van der Waals surface area contributed by atoms with Crippen LogP contribution in [-0.4, -0.2) is 16.8 Å². The van der Waals surface area contributed by atoms with Gasteiger partial charge in [0.15, 0.2) is 11.5 Å². The highest BCUT2D eigenvalue weighted by Crippen LogP contribution is 2.33. The van der Waals surface area contributed by atoms with Gasteiger partial charge in [-0.1, -0.05) is 6.07 Å². The third-order valence-corrected chi connectivity index (χ3v) is 5.07. The number of nitrogens with zero attached hydrogens (tertiary/aromatic N) is 2. The van der Waals surface area contributed by atoms with Crippen LogP contribution in [0.5, 0.6) is 11.5 Å². The molecule has 0 aliphatic carbocycles. The number of ether oxygens (including phenoxy) is 2. The van der Waals surface area contributed by atoms with Crippen LogP contribution in [0.3, 0.4) is 0 Å². The second-order valence-corrected chi connectivity index (χ2v) is 7.47. The molecule has 0 unspecified atom stereocenters. The lowest BCUT2D eigenvalue weighted by Crippen LogP contribution is -2.01. The fraction of sp³-hybridized carbons (Fsp3) is 0.143. The van der Waals surface area contributed by atoms with E-state index >= 15 is 0 Å². The van der Waals surface area contributed by atoms with Gasteiger partial charge in [-0.2, -0.15) is 0 Å². The van der Waals surface area contributed by atoms with E-state index in [4.69, 9.17) is 9.47 Å². The quantitative estimate of drug-likeness (QED) is 0.668. The average Bonchev–Trinajstić information content (AvgIpc) is 3.09. The number of fused-ring (bicyclic) bond motifs is 2. The van der Waals surface area contributed by atoms with Crippen molar-refractivity contribution >= 4 is 50.0 Å². The van der Waals surface area contributed by atoms with Crippen LogP contribution in [0.2, 0.25) is 0 Å². The molecule has 0 atom stereocenters. The molecule has 3 aromatic rings. The number of halogens is 1. The van der Waals surface area contributed by atoms with Crippen LogP contribution in [0, 0.1) is 2.88 Å². The normalized spacial score (nSPS) is 12.8. The summed E-state index contributed by atoms with van der Waals surface area (Å²) in [6.45, 7) is 0.976. The number of nitrogens with one attached hydrogen (secondary N) is 1. The summed E-state index contributed by atoms with van der Waals surface area (Å²) in [5.41, 5.74) is 2.10. The van der Waals surface area contributed by atoms with E-state index in [9.17, 15) is 0 Å². The zero-order chi connectivity index (χ0) is 14.2. The Morgan fingerprint density at radius 1 is 1.19 bits per heavy atom. The molecule has 4 rings (SSSR count). The lowest BCUT2D eigenvalue weighted by Gasteiger charge is -2.07. The van der Waals surface area contributed by atoms with Crippen molar-refractivity contribution in [3.05, 3.63) is 39.0 Å². The molecule has 0 saturated heterocycles. The van der Waals surface area contributed by atoms with Crippen molar-refractivity contribution in [3.63, 3.8) is 0 Å². The molecule has 0 spiro atoms. The Balaban J connectivity index is 1.58. The molecule has 0 fully saturated rings. The van der Waals surface area contributed by atoms with Gasteiger partial charge in [0.1, 0.15) is 12.1 Å². The van der Waals surface area contributed by atoms with Gasteiger partial charge in [0, 0.05) is 6.54 Å². The molecule has 7 heteroatoms. The number of rotatable bonds is 3. The van der Waals surface area contributed by atoms with E-state index in [2.05, 4.69) is 43.9 Å². The highest BCUT2D eigenvalue weighted by atomic mass is 127. The molecular formula is C14H10IN3O2S. The van der Waals surface area contributed by atoms with Crippen molar-refractivity contribution in [1.82, 2.24) is 9.97 Å². The van der Waals surface area contributed by atoms with Crippen LogP contribution in [0.1, 0.15) is 5.56 Å². The fourth-order valence-electron chi connectivity index (χ4n) is 2.19. The van der Waals surface area contributed by atoms with E-state index in [1.165, 1.54) is 2.88 Å². The van der Waals surface area contributed by atoms with E-state index in [1.54, 1.807) is 17.7 Å². The second-order valence-electron chi connectivity index (χ2n) is 4.53. The van der Waals surface area contributed by atoms with E-state index < -0.39 is 0 Å². The fourth-order valence-corrected chi connectivity index (χ4v) is 3.95. The van der Waals surface area contributed by atoms with Crippen LogP contribution in [0.25, 0.3) is 10.2 Å². The van der Waals surface area contributed by atoms with Gasteiger partial charge in [-0.25, -0.2) is 9.97 Å². The van der Waals surface area contributed by atoms with E-state index in [0.29, 0.717) is 13.3 Å². The maximum absolute atomic E-state index is 5.39. The number of benzene rings is 1. The topological polar surface area (TPSA) is 56.3 Å². The van der Waals surface area contributed by atoms with Gasteiger partial charge < -0.3 is 14.8 Å². The summed E-state index contributed by atoms with van der Waals surface area (Å²) in [5, 5.41) is 3.37. The minimum Gasteiger partial charge on any atom is -0.454 e. The van der Waals surface area contributed by atoms with Crippen LogP contribution >= 0.6 is 33.9 Å². The zero-order valence-corrected chi connectivity index (χ0v) is 13.8. The first-order valence-electron chi connectivity index (χ1n) is 6.32. The summed E-state index contributed by atoms with van der Waals surface area (Å²) in [7, 11) is 0. The molecule has 0 radical (unpaired) electrons. The van der Waals surface area contributed by atoms with Crippen molar-refractivity contribution in [3.8, 4) is 11.5 Å². The summed E-state index contributed by atoms with van der Waals surface area (Å²) in [6.07, 6.45) is 1.59. The van der Waals surface area contributed by atoms with Crippen molar-refractivity contribution in [2.45, 2.75) is 6.54 Å². The van der Waals surface area contributed by atoms with E-state index in [1.807, 2.05) is 18.2 Å². The Morgan fingerprint density at radius 3 is 3.05 bits per heavy atom. The Bertz CT molecular complexity index is 821. The molecule has 1 aliphatic heterocycles. The lowest BCUT2D eigenvalue weighted by atomic mass is 10.2. The van der Waals surface area contributed by atoms with Gasteiger partial charge in [-0.05, 0) is 46.4 Å². The standard InChI is InChI=1S/C14H10IN3O2S/c15-12-4-9-13(21-12)14(18-6-17-9)16-5-8-1-2-10-11(3-8)20-7-19-10/h1-4,6H,5,7H2,(H,16,17,18). The molecule has 1 aromatic carbocycles. The van der Waals surface area contributed by atoms with Gasteiger partial charge in [0.25, 0.3) is 0 Å². The third kappa shape index (κ3) is 2.51. The number of hydrogen-bond acceptors (Lipinski definition) is 6. The summed E-state index contributed by atoms with van der Waals surface area (Å²) in [5.74, 6) is 2.47. The van der Waals surface area contributed by atoms with Gasteiger partial charge in [0.05, 0.1) is 13.1 Å². The lowest BCUT2D eigenvalue weighted by molar-refractivity contribution is 0.174. The molecule has 1 N–H and O–H groups in total. The van der Waals surface area contributed by atoms with Gasteiger partial charge >= 0.3 is 0 Å². The summed E-state index contributed by atoms with van der Waals surface area (Å²) < 4.78 is 13.0. The van der Waals surface area contributed by atoms with Crippen molar-refractivity contribution in [2.24, 2.45) is 0 Å². The molecule has 0 amide bonds. The van der Waals surface area contributed by atoms with Gasteiger partial charge in [0.2, 0.25) is 6.79 Å². The van der Waals surface area contributed by atoms with Crippen LogP contribution in [0.4, 0.5) is 5.82 Å². The number of thiophene rings is 1. The Kier molecular flexibility index (Phi) is 3.30. The number of aromatic nitrogens is 2. The van der Waals surface area contributed by atoms with Crippen LogP contribution in [0.15, 0.2) is 30.6 Å². The Hall–Kier alpha value is -1.61. The van der Waals surface area contributed by atoms with Crippen molar-refractivity contribution in [2.75, 3.05) is 12.1 Å². The average molecular weight is 411 g/mol. The minimum absolute atomic E-state index is 0.298. The highest BCUT2D eigenvalue weighted by molar-refractivity contribution is 14.1. The molecular weight excluding hydrogens is 401 g/mol. The highest BCUT2D eigenvalue weighted by Gasteiger charge is 2.13. The zero-order valence-electron chi connectivity index (χ0n) is 10.8. The van der Waals surface area contributed by atoms with Crippen molar-refractivity contribution in [1.29, 1.82) is 0 Å². The SMILES string of the molecule is Ic1cc2ncnc(NCc3ccc4c(c3)OCO4)c2s1. The summed E-state index contributed by atoms with van der Waals surface area (Å²) in [4.78, 5) is 8.62. The van der Waals surface area contributed by atoms with Gasteiger partial charge in [-0.3, -0.25) is 0 Å². The van der Waals surface area contributed by atoms with Gasteiger partial charge in [-0.15, -0.1) is 11.3 Å². The maximum atomic E-state index is 5.39. The maximum Gasteiger partial charge on any atom is 0.231 e. The third-order valence-electron chi connectivity index (χ3n) is 3.18. The molecule has 0 saturated carbocycles. The molecule has 2 aromatic heterocycles. The predicted octanol–water partition coefficient (Wildman–Crippen LogP) is 3.64.